The number of methoxy groups -OCH3 is 12. The highest BCUT2D eigenvalue weighted by atomic mass is 35.5. The van der Waals surface area contributed by atoms with Crippen molar-refractivity contribution in [3.05, 3.63) is 277 Å². The monoisotopic (exact) mass is 1810 g/mol. The van der Waals surface area contributed by atoms with Gasteiger partial charge in [-0.05, 0) is 182 Å². The molecule has 0 radical (unpaired) electrons. The van der Waals surface area contributed by atoms with E-state index in [2.05, 4.69) is 60.2 Å². The van der Waals surface area contributed by atoms with Gasteiger partial charge in [0.1, 0.15) is 28.8 Å². The SMILES string of the molecule is COC(=O)/C(C)=C(\Cl)c1ccc(OC)c(OC)c1.COC(=O)Cc1ccc(F)cn1.COC(=O)c1c(-c2ccc(OC)c(OC)c2)c(C(=O)OC)c2ccc(F)cn2c1=O.COc1ccc(-c2cc(=O)n3cc(F)ccc3c2)cc1OC.COc1ccc(-c2cc(=O)n3cc(N4CCN[C@@H](C)C4)ccc3c2)cc1OC.C[C@H]1CNCCN1.N#CCc1ccc(F)cn1.O=C=O. The van der Waals surface area contributed by atoms with Crippen LogP contribution in [0.3, 0.4) is 0 Å². The van der Waals surface area contributed by atoms with Gasteiger partial charge in [-0.15, -0.1) is 0 Å². The Morgan fingerprint density at radius 3 is 1.38 bits per heavy atom. The molecule has 14 rings (SSSR count). The number of ether oxygens (including phenoxy) is 12. The zero-order chi connectivity index (χ0) is 95.3. The molecule has 2 atom stereocenters. The predicted molar refractivity (Wildman–Crippen MR) is 478 cm³/mol. The molecule has 31 nitrogen and oxygen atoms in total. The number of fused-ring (bicyclic) bond motifs is 3. The van der Waals surface area contributed by atoms with Crippen molar-refractivity contribution in [1.29, 1.82) is 5.26 Å². The maximum atomic E-state index is 13.8. The fourth-order valence-corrected chi connectivity index (χ4v) is 13.1. The highest BCUT2D eigenvalue weighted by Gasteiger charge is 2.30. The van der Waals surface area contributed by atoms with Crippen molar-refractivity contribution in [1.82, 2.24) is 39.1 Å². The second-order valence-corrected chi connectivity index (χ2v) is 28.1. The lowest BCUT2D eigenvalue weighted by Gasteiger charge is -2.33. The highest BCUT2D eigenvalue weighted by molar-refractivity contribution is 6.50. The quantitative estimate of drug-likeness (QED) is 0.0293. The Bertz CT molecular complexity index is 6220. The molecule has 0 bridgehead atoms. The number of hydrogen-bond acceptors (Lipinski definition) is 28. The molecule has 0 saturated carbocycles. The molecule has 4 aromatic carbocycles. The summed E-state index contributed by atoms with van der Waals surface area (Å²) >= 11 is 6.14. The van der Waals surface area contributed by atoms with Crippen LogP contribution < -0.4 is 75.4 Å². The summed E-state index contributed by atoms with van der Waals surface area (Å²) in [5.41, 5.74) is 6.58. The maximum absolute atomic E-state index is 13.8. The number of pyridine rings is 8. The number of carbonyl (C=O) groups excluding carboxylic acids is 6. The molecule has 3 N–H and O–H groups in total. The first-order chi connectivity index (χ1) is 62.5. The van der Waals surface area contributed by atoms with E-state index in [1.165, 1.54) is 94.7 Å². The van der Waals surface area contributed by atoms with E-state index in [4.69, 9.17) is 73.8 Å². The topological polar surface area (TPSA) is 367 Å². The van der Waals surface area contributed by atoms with Gasteiger partial charge in [-0.2, -0.15) is 14.9 Å². The van der Waals surface area contributed by atoms with Gasteiger partial charge >= 0.3 is 30.0 Å². The maximum Gasteiger partial charge on any atom is 0.373 e. The lowest BCUT2D eigenvalue weighted by molar-refractivity contribution is -0.191. The van der Waals surface area contributed by atoms with Crippen molar-refractivity contribution in [3.63, 3.8) is 0 Å². The van der Waals surface area contributed by atoms with Crippen LogP contribution in [0.4, 0.5) is 23.2 Å². The van der Waals surface area contributed by atoms with Crippen LogP contribution in [0.5, 0.6) is 46.0 Å². The van der Waals surface area contributed by atoms with Gasteiger partial charge in [0, 0.05) is 98.7 Å². The van der Waals surface area contributed by atoms with E-state index in [9.17, 15) is 51.1 Å². The summed E-state index contributed by atoms with van der Waals surface area (Å²) in [4.78, 5) is 111. The number of rotatable bonds is 19. The summed E-state index contributed by atoms with van der Waals surface area (Å²) in [6, 6.07) is 45.7. The van der Waals surface area contributed by atoms with Gasteiger partial charge in [0.05, 0.1) is 155 Å². The molecular weight excluding hydrogens is 1720 g/mol. The number of benzene rings is 4. The van der Waals surface area contributed by atoms with Crippen LogP contribution in [0.1, 0.15) is 58.4 Å². The molecule has 0 amide bonds. The van der Waals surface area contributed by atoms with Crippen LogP contribution in [-0.4, -0.2) is 190 Å². The molecule has 2 fully saturated rings. The minimum atomic E-state index is -0.992. The molecule has 0 unspecified atom stereocenters. The average Bonchev–Trinajstić information content (AvgIpc) is 0.736. The van der Waals surface area contributed by atoms with Crippen molar-refractivity contribution in [2.45, 2.75) is 45.7 Å². The molecule has 0 aliphatic carbocycles. The zero-order valence-electron chi connectivity index (χ0n) is 73.8. The molecule has 2 aliphatic heterocycles. The van der Waals surface area contributed by atoms with E-state index in [-0.39, 0.29) is 58.5 Å². The molecule has 0 spiro atoms. The van der Waals surface area contributed by atoms with Crippen molar-refractivity contribution in [3.8, 4) is 85.4 Å². The predicted octanol–water partition coefficient (Wildman–Crippen LogP) is 12.7. The molecule has 10 heterocycles. The first kappa shape index (κ1) is 102. The van der Waals surface area contributed by atoms with Crippen LogP contribution in [0.2, 0.25) is 0 Å². The van der Waals surface area contributed by atoms with Crippen molar-refractivity contribution >= 4 is 68.9 Å². The second kappa shape index (κ2) is 51.0. The van der Waals surface area contributed by atoms with Crippen LogP contribution in [-0.2, 0) is 51.0 Å². The summed E-state index contributed by atoms with van der Waals surface area (Å²) in [5, 5.41) is 18.6. The van der Waals surface area contributed by atoms with Crippen LogP contribution in [0, 0.1) is 34.6 Å². The highest BCUT2D eigenvalue weighted by Crippen LogP contribution is 2.39. The molecule has 8 aromatic heterocycles. The van der Waals surface area contributed by atoms with E-state index < -0.39 is 46.5 Å². The van der Waals surface area contributed by atoms with Gasteiger partial charge in [-0.1, -0.05) is 29.8 Å². The smallest absolute Gasteiger partial charge is 0.373 e. The van der Waals surface area contributed by atoms with E-state index >= 15 is 0 Å². The van der Waals surface area contributed by atoms with Crippen LogP contribution in [0.25, 0.3) is 55.0 Å². The van der Waals surface area contributed by atoms with E-state index in [0.29, 0.717) is 96.7 Å². The Hall–Kier alpha value is -15.0. The van der Waals surface area contributed by atoms with E-state index in [0.717, 1.165) is 116 Å². The van der Waals surface area contributed by atoms with Crippen molar-refractivity contribution < 1.29 is 103 Å². The number of piperazine rings is 2. The fraction of sp³-hybridized carbons (Fsp3) is 0.266. The molecule has 12 aromatic rings. The molecule has 36 heteroatoms. The third-order valence-corrected chi connectivity index (χ3v) is 19.9. The Morgan fingerprint density at radius 1 is 0.477 bits per heavy atom. The van der Waals surface area contributed by atoms with E-state index in [1.807, 2.05) is 54.7 Å². The van der Waals surface area contributed by atoms with Gasteiger partial charge in [-0.3, -0.25) is 42.3 Å². The molecule has 2 saturated heterocycles. The fourth-order valence-electron chi connectivity index (χ4n) is 12.9. The lowest BCUT2D eigenvalue weighted by Crippen LogP contribution is -2.49. The summed E-state index contributed by atoms with van der Waals surface area (Å²) < 4.78 is 116. The van der Waals surface area contributed by atoms with Gasteiger partial charge in [0.2, 0.25) is 0 Å². The summed E-state index contributed by atoms with van der Waals surface area (Å²) in [6.45, 7) is 12.2. The minimum absolute atomic E-state index is 0.0220. The molecule has 130 heavy (non-hydrogen) atoms. The number of nitrogens with zero attached hydrogens (tertiary/aromatic N) is 7. The first-order valence-electron chi connectivity index (χ1n) is 39.4. The van der Waals surface area contributed by atoms with Gasteiger partial charge in [-0.25, -0.2) is 31.9 Å². The average molecular weight is 1810 g/mol. The van der Waals surface area contributed by atoms with Crippen molar-refractivity contribution in [2.75, 3.05) is 129 Å². The Labute approximate surface area is 750 Å². The number of aromatic nitrogens is 5. The third kappa shape index (κ3) is 28.0. The van der Waals surface area contributed by atoms with Gasteiger partial charge in [0.15, 0.2) is 46.0 Å². The Kier molecular flexibility index (Phi) is 40.1. The number of hydrogen-bond donors (Lipinski definition) is 3. The molecule has 2 aliphatic rings. The summed E-state index contributed by atoms with van der Waals surface area (Å²) in [7, 11) is 17.1. The summed E-state index contributed by atoms with van der Waals surface area (Å²) in [5.74, 6) is -0.263. The van der Waals surface area contributed by atoms with E-state index in [1.54, 1.807) is 101 Å². The zero-order valence-corrected chi connectivity index (χ0v) is 74.6. The molecular formula is C94H97ClF4N10O21. The molecule has 684 valence electrons. The number of anilines is 1. The number of nitrogens with one attached hydrogen (secondary N) is 3. The number of esters is 4. The Balaban J connectivity index is 0.000000215. The normalized spacial score (nSPS) is 12.9. The number of halogens is 5. The number of carbonyl (C=O) groups is 4. The largest absolute Gasteiger partial charge is 0.493 e. The summed E-state index contributed by atoms with van der Waals surface area (Å²) in [6.07, 6.45) is 6.74. The van der Waals surface area contributed by atoms with Crippen LogP contribution >= 0.6 is 11.6 Å². The van der Waals surface area contributed by atoms with Gasteiger partial charge < -0.3 is 77.7 Å². The first-order valence-corrected chi connectivity index (χ1v) is 39.8. The van der Waals surface area contributed by atoms with Crippen LogP contribution in [0.15, 0.2) is 209 Å². The van der Waals surface area contributed by atoms with Crippen molar-refractivity contribution in [2.24, 2.45) is 0 Å². The standard InChI is InChI=1S/C22H25N3O3.C21H18FNO7.C17H14FNO3.C13H15ClO4.C8H8FNO2.C7H5FN2.C5H12N2.CO2/c1-15-13-24(9-8-23-15)19-6-5-18-10-17(12-22(26)25(18)14-19)16-4-7-20(27-2)21(11-16)28-3;1-27-14-8-5-11(9-15(14)28-2)16-17(20(25)29-3)13-7-6-12(22)10-23(13)19(24)18(16)21(26)30-4;1-21-15-6-3-11(8-16(15)22-2)12-7-14-5-4-13(18)10-19(14)17(20)9-12;1-8(13(15)18-4)12(14)9-5-6-10(16-2)11(7-9)17-3;1-12-8(11)4-7-3-2-6(9)5-10-7;8-6-1-2-7(3-4-9)10-5-6;1-5-4-6-2-3-7-5;2-1-3/h4-7,10-12,14-15,23H,8-9,13H2,1-3H3;5-10H,1-4H3;3-10H,1-2H3;5-7H,1-4H3;2-3,5H,4H2,1H3;1-2,5H,3H2;5-7H,2-4H2,1H3;/b;;;12-8-;;;;/t15-;;;;;;5-;/m0.....0./s1. The Morgan fingerprint density at radius 2 is 0.931 bits per heavy atom. The minimum Gasteiger partial charge on any atom is -0.493 e. The van der Waals surface area contributed by atoms with Gasteiger partial charge in [0.25, 0.3) is 16.7 Å². The second-order valence-electron chi connectivity index (χ2n) is 27.7. The third-order valence-electron chi connectivity index (χ3n) is 19.4. The lowest BCUT2D eigenvalue weighted by atomic mass is 9.94. The number of nitriles is 1.